The largest absolute Gasteiger partial charge is 0.355 e. The van der Waals surface area contributed by atoms with E-state index in [0.29, 0.717) is 19.0 Å². The molecule has 1 heterocycles. The number of carbonyl (C=O) groups excluding carboxylic acids is 1. The van der Waals surface area contributed by atoms with Crippen molar-refractivity contribution < 1.29 is 13.6 Å². The second kappa shape index (κ2) is 4.04. The molecule has 0 aromatic heterocycles. The highest BCUT2D eigenvalue weighted by atomic mass is 19.3. The third kappa shape index (κ3) is 2.65. The van der Waals surface area contributed by atoms with Crippen LogP contribution in [0.2, 0.25) is 0 Å². The molecule has 3 nitrogen and oxygen atoms in total. The molecule has 0 aromatic rings. The van der Waals surface area contributed by atoms with Gasteiger partial charge < -0.3 is 10.6 Å². The predicted molar refractivity (Wildman–Crippen MR) is 51.7 cm³/mol. The zero-order valence-electron chi connectivity index (χ0n) is 8.56. The highest BCUT2D eigenvalue weighted by molar-refractivity contribution is 5.79. The number of hydrogen-bond donors (Lipinski definition) is 2. The van der Waals surface area contributed by atoms with Crippen molar-refractivity contribution in [2.45, 2.75) is 25.2 Å². The van der Waals surface area contributed by atoms with Gasteiger partial charge in [0.25, 0.3) is 5.92 Å². The minimum Gasteiger partial charge on any atom is -0.355 e. The minimum absolute atomic E-state index is 0.226. The van der Waals surface area contributed by atoms with Gasteiger partial charge >= 0.3 is 0 Å². The van der Waals surface area contributed by atoms with Gasteiger partial charge in [-0.1, -0.05) is 0 Å². The summed E-state index contributed by atoms with van der Waals surface area (Å²) in [5, 5.41) is 5.23. The average molecular weight is 218 g/mol. The van der Waals surface area contributed by atoms with Gasteiger partial charge in [-0.25, -0.2) is 8.78 Å². The molecule has 1 aliphatic heterocycles. The van der Waals surface area contributed by atoms with Crippen LogP contribution >= 0.6 is 0 Å². The van der Waals surface area contributed by atoms with Gasteiger partial charge in [0.2, 0.25) is 5.91 Å². The maximum atomic E-state index is 13.3. The molecule has 2 fully saturated rings. The first-order valence-corrected chi connectivity index (χ1v) is 5.46. The zero-order chi connectivity index (χ0) is 10.9. The maximum absolute atomic E-state index is 13.3. The molecule has 1 unspecified atom stereocenters. The summed E-state index contributed by atoms with van der Waals surface area (Å²) < 4.78 is 26.7. The van der Waals surface area contributed by atoms with Crippen molar-refractivity contribution in [3.63, 3.8) is 0 Å². The number of carbonyl (C=O) groups is 1. The van der Waals surface area contributed by atoms with Crippen molar-refractivity contribution in [2.24, 2.45) is 11.8 Å². The lowest BCUT2D eigenvalue weighted by atomic mass is 9.93. The van der Waals surface area contributed by atoms with E-state index in [1.54, 1.807) is 0 Å². The summed E-state index contributed by atoms with van der Waals surface area (Å²) in [6.45, 7) is 0.685. The van der Waals surface area contributed by atoms with Gasteiger partial charge in [0.15, 0.2) is 0 Å². The summed E-state index contributed by atoms with van der Waals surface area (Å²) in [7, 11) is 0. The number of piperidine rings is 1. The molecule has 86 valence electrons. The van der Waals surface area contributed by atoms with Crippen LogP contribution in [0.3, 0.4) is 0 Å². The third-order valence-electron chi connectivity index (χ3n) is 3.06. The van der Waals surface area contributed by atoms with Crippen LogP contribution in [0.4, 0.5) is 8.78 Å². The first kappa shape index (κ1) is 10.8. The fourth-order valence-corrected chi connectivity index (χ4v) is 1.85. The maximum Gasteiger partial charge on any atom is 0.271 e. The fourth-order valence-electron chi connectivity index (χ4n) is 1.85. The van der Waals surface area contributed by atoms with E-state index in [9.17, 15) is 13.6 Å². The van der Waals surface area contributed by atoms with Gasteiger partial charge in [-0.15, -0.1) is 0 Å². The van der Waals surface area contributed by atoms with Gasteiger partial charge in [-0.3, -0.25) is 4.79 Å². The Morgan fingerprint density at radius 2 is 2.13 bits per heavy atom. The van der Waals surface area contributed by atoms with Crippen molar-refractivity contribution in [2.75, 3.05) is 19.6 Å². The molecular formula is C10H16F2N2O. The Kier molecular flexibility index (Phi) is 2.91. The molecule has 5 heteroatoms. The zero-order valence-corrected chi connectivity index (χ0v) is 8.56. The lowest BCUT2D eigenvalue weighted by Crippen LogP contribution is -2.52. The Hall–Kier alpha value is -0.710. The molecule has 2 N–H and O–H groups in total. The summed E-state index contributed by atoms with van der Waals surface area (Å²) in [6, 6.07) is 0. The normalized spacial score (nSPS) is 29.9. The second-order valence-electron chi connectivity index (χ2n) is 4.47. The minimum atomic E-state index is -2.90. The predicted octanol–water partition coefficient (Wildman–Crippen LogP) is 0.757. The highest BCUT2D eigenvalue weighted by Crippen LogP contribution is 2.31. The van der Waals surface area contributed by atoms with E-state index in [0.717, 1.165) is 12.8 Å². The van der Waals surface area contributed by atoms with E-state index in [1.165, 1.54) is 0 Å². The summed E-state index contributed by atoms with van der Waals surface area (Å²) in [5.74, 6) is -3.98. The van der Waals surface area contributed by atoms with Crippen LogP contribution in [0, 0.1) is 11.8 Å². The molecule has 0 aromatic carbocycles. The van der Waals surface area contributed by atoms with Crippen LogP contribution in [0.15, 0.2) is 0 Å². The van der Waals surface area contributed by atoms with Crippen LogP contribution in [-0.4, -0.2) is 31.5 Å². The third-order valence-corrected chi connectivity index (χ3v) is 3.06. The molecule has 2 rings (SSSR count). The molecule has 1 amide bonds. The quantitative estimate of drug-likeness (QED) is 0.734. The number of alkyl halides is 2. The molecule has 1 saturated carbocycles. The summed E-state index contributed by atoms with van der Waals surface area (Å²) in [4.78, 5) is 11.5. The van der Waals surface area contributed by atoms with Gasteiger partial charge in [-0.2, -0.15) is 0 Å². The van der Waals surface area contributed by atoms with Crippen LogP contribution in [0.25, 0.3) is 0 Å². The van der Waals surface area contributed by atoms with Gasteiger partial charge in [0.1, 0.15) is 5.92 Å². The van der Waals surface area contributed by atoms with E-state index in [2.05, 4.69) is 10.6 Å². The van der Waals surface area contributed by atoms with E-state index >= 15 is 0 Å². The van der Waals surface area contributed by atoms with Crippen molar-refractivity contribution in [1.29, 1.82) is 0 Å². The molecular weight excluding hydrogens is 202 g/mol. The van der Waals surface area contributed by atoms with Crippen molar-refractivity contribution in [3.8, 4) is 0 Å². The van der Waals surface area contributed by atoms with E-state index in [1.807, 2.05) is 0 Å². The highest BCUT2D eigenvalue weighted by Gasteiger charge is 2.45. The Bertz CT molecular complexity index is 254. The topological polar surface area (TPSA) is 41.1 Å². The number of nitrogens with one attached hydrogen (secondary N) is 2. The van der Waals surface area contributed by atoms with Crippen LogP contribution in [-0.2, 0) is 4.79 Å². The van der Waals surface area contributed by atoms with Crippen LogP contribution < -0.4 is 10.6 Å². The summed E-state index contributed by atoms with van der Waals surface area (Å²) >= 11 is 0. The van der Waals surface area contributed by atoms with E-state index < -0.39 is 17.7 Å². The summed E-state index contributed by atoms with van der Waals surface area (Å²) in [5.41, 5.74) is 0. The van der Waals surface area contributed by atoms with Gasteiger partial charge in [0, 0.05) is 6.54 Å². The molecule has 1 aliphatic carbocycles. The molecule has 15 heavy (non-hydrogen) atoms. The Morgan fingerprint density at radius 3 is 2.73 bits per heavy atom. The molecule has 2 aliphatic rings. The SMILES string of the molecule is O=C(NCC1CC1)C1CCNCC1(F)F. The van der Waals surface area contributed by atoms with E-state index in [4.69, 9.17) is 0 Å². The van der Waals surface area contributed by atoms with Crippen molar-refractivity contribution in [1.82, 2.24) is 10.6 Å². The lowest BCUT2D eigenvalue weighted by molar-refractivity contribution is -0.142. The second-order valence-corrected chi connectivity index (χ2v) is 4.47. The number of rotatable bonds is 3. The van der Waals surface area contributed by atoms with Gasteiger partial charge in [-0.05, 0) is 31.7 Å². The monoisotopic (exact) mass is 218 g/mol. The summed E-state index contributed by atoms with van der Waals surface area (Å²) in [6.07, 6.45) is 2.45. The molecule has 0 radical (unpaired) electrons. The van der Waals surface area contributed by atoms with Crippen molar-refractivity contribution in [3.05, 3.63) is 0 Å². The smallest absolute Gasteiger partial charge is 0.271 e. The Balaban J connectivity index is 1.85. The number of halogens is 2. The Labute approximate surface area is 87.6 Å². The molecule has 0 spiro atoms. The molecule has 0 bridgehead atoms. The van der Waals surface area contributed by atoms with Crippen molar-refractivity contribution >= 4 is 5.91 Å². The standard InChI is InChI=1S/C10H16F2N2O/c11-10(12)6-13-4-3-8(10)9(15)14-5-7-1-2-7/h7-8,13H,1-6H2,(H,14,15). The molecule has 1 atom stereocenters. The van der Waals surface area contributed by atoms with Crippen LogP contribution in [0.1, 0.15) is 19.3 Å². The lowest BCUT2D eigenvalue weighted by Gasteiger charge is -2.30. The first-order chi connectivity index (χ1) is 7.09. The number of hydrogen-bond acceptors (Lipinski definition) is 2. The average Bonchev–Trinajstić information content (AvgIpc) is 2.97. The van der Waals surface area contributed by atoms with Gasteiger partial charge in [0.05, 0.1) is 6.54 Å². The first-order valence-electron chi connectivity index (χ1n) is 5.46. The fraction of sp³-hybridized carbons (Fsp3) is 0.900. The molecule has 1 saturated heterocycles. The number of amides is 1. The Morgan fingerprint density at radius 1 is 1.40 bits per heavy atom. The van der Waals surface area contributed by atoms with Crippen LogP contribution in [0.5, 0.6) is 0 Å². The van der Waals surface area contributed by atoms with E-state index in [-0.39, 0.29) is 13.0 Å².